The number of aryl methyl sites for hydroxylation is 11. The van der Waals surface area contributed by atoms with Crippen molar-refractivity contribution in [3.8, 4) is 28.7 Å². The molecule has 0 saturated heterocycles. The molecule has 8 aliphatic carbocycles. The van der Waals surface area contributed by atoms with Gasteiger partial charge in [0.05, 0.1) is 74.1 Å². The maximum absolute atomic E-state index is 11.0. The molecule has 31 heteroatoms. The fourth-order valence-electron chi connectivity index (χ4n) is 16.0. The summed E-state index contributed by atoms with van der Waals surface area (Å²) >= 11 is 5.87. The van der Waals surface area contributed by atoms with Gasteiger partial charge in [-0.2, -0.15) is 0 Å². The number of nitrogens with zero attached hydrogens (tertiary/aromatic N) is 8. The molecule has 0 saturated carbocycles. The molecule has 133 heavy (non-hydrogen) atoms. The smallest absolute Gasteiger partial charge is 0.331 e. The minimum absolute atomic E-state index is 0.353. The molecule has 16 rings (SSSR count). The minimum atomic E-state index is -0.452. The lowest BCUT2D eigenvalue weighted by atomic mass is 10.00. The molecule has 0 radical (unpaired) electrons. The highest BCUT2D eigenvalue weighted by Gasteiger charge is 2.30. The van der Waals surface area contributed by atoms with Crippen molar-refractivity contribution < 1.29 is 106 Å². The van der Waals surface area contributed by atoms with Gasteiger partial charge in [0.25, 0.3) is 0 Å². The zero-order chi connectivity index (χ0) is 97.0. The van der Waals surface area contributed by atoms with E-state index in [1.807, 2.05) is 89.2 Å². The molecule has 700 valence electrons. The molecule has 0 amide bonds. The van der Waals surface area contributed by atoms with Crippen LogP contribution in [0.25, 0.3) is 0 Å². The minimum Gasteiger partial charge on any atom is -0.496 e. The van der Waals surface area contributed by atoms with Crippen LogP contribution in [0.1, 0.15) is 247 Å². The number of esters is 1. The normalized spacial score (nSPS) is 16.0. The Morgan fingerprint density at radius 1 is 0.256 bits per heavy atom. The van der Waals surface area contributed by atoms with Crippen LogP contribution in [0.4, 0.5) is 0 Å². The van der Waals surface area contributed by atoms with Crippen molar-refractivity contribution in [1.29, 1.82) is 0 Å². The Hall–Kier alpha value is -14.2. The number of hydrogen-bond donors (Lipinski definition) is 0. The van der Waals surface area contributed by atoms with Crippen LogP contribution in [0.3, 0.4) is 0 Å². The Kier molecular flexibility index (Phi) is 37.5. The highest BCUT2D eigenvalue weighted by Crippen LogP contribution is 2.40. The van der Waals surface area contributed by atoms with Gasteiger partial charge in [-0.25, -0.2) is 38.4 Å². The van der Waals surface area contributed by atoms with Gasteiger partial charge in [-0.05, 0) is 262 Å². The summed E-state index contributed by atoms with van der Waals surface area (Å²) in [6, 6.07) is 35.8. The lowest BCUT2D eigenvalue weighted by Crippen LogP contribution is -2.04. The summed E-state index contributed by atoms with van der Waals surface area (Å²) in [5, 5.41) is 31.7. The van der Waals surface area contributed by atoms with Gasteiger partial charge in [0.15, 0.2) is 0 Å². The van der Waals surface area contributed by atoms with Crippen LogP contribution in [0.5, 0.6) is 28.7 Å². The number of benzene rings is 8. The number of methoxy groups -OCH3 is 4. The SMILES string of the molecule is CC(=O)O/N=C1\CCc2c(OC(C)=O)cccc21.CC(=O)O/N=C1\CCc2cc(C)c(C)cc21.CC(=O)O/N=C1\CCc2cc(Cl)ccc21.CC(=O)O/N=C1\CCc2ccc(C)cc21.COc1c(C)c(C)cc2c1CC/C2=N\OC(C)=O.COc1c(C)ccc2c1CC/C2=N\OC(C)=O.COc1c(C)ccc2c1CC/C2=N\OC(C)=O.COc1cc(C)cc2c1/C(=N/OC(C)=O)CC2. The summed E-state index contributed by atoms with van der Waals surface area (Å²) in [5.74, 6) is 0.554. The first-order chi connectivity index (χ1) is 63.4. The quantitative estimate of drug-likeness (QED) is 0.0448. The number of oxime groups is 8. The van der Waals surface area contributed by atoms with E-state index in [1.54, 1.807) is 40.6 Å². The topological polar surface area (TPSA) is 372 Å². The largest absolute Gasteiger partial charge is 0.496 e. The van der Waals surface area contributed by atoms with E-state index >= 15 is 0 Å². The van der Waals surface area contributed by atoms with E-state index in [4.69, 9.17) is 59.5 Å². The van der Waals surface area contributed by atoms with E-state index < -0.39 is 35.8 Å². The predicted molar refractivity (Wildman–Crippen MR) is 505 cm³/mol. The van der Waals surface area contributed by atoms with Gasteiger partial charge in [-0.1, -0.05) is 125 Å². The standard InChI is InChI=1S/C14H17NO3.C13H13NO4.3C13H15NO3.C13H15NO2.C12H13NO2.C11H10ClNO2/c1-8-7-12-11(14(17-4)9(8)2)5-6-13(12)15-18-10(3)16;1-8(15)17-13-5-3-4-10-11(13)6-7-12(10)14-18-9(2)16;1-8-6-10-4-5-11(14-17-9(2)15)13(10)12(7-8)16-3;2*1-8-4-5-10-11(13(8)16-3)6-7-12(10)14-17-9(2)15;1-8-6-11-4-5-13(14-16-10(3)15)12(11)7-9(8)2;1-8-3-4-10-5-6-12(11(10)7-8)13-15-9(2)14;1-7(14)15-13-11-5-2-8-6-9(12)3-4-10(8)11/h7H,5-6H2,1-4H3;3-5H,6-7H2,1-2H3;6-7H,4-5H2,1-3H3;2*4-5H,6-7H2,1-3H3;6-7H,4-5H2,1-3H3;3-4,7H,5-6H2,1-2H3;3-4,6H,2,5H2,1H3/b15-13+;14-12+;14-11+;2*14-12+;14-13+;13-12+;13-11+. The predicted octanol–water partition coefficient (Wildman–Crippen LogP) is 18.3. The second kappa shape index (κ2) is 48.7. The molecule has 0 spiro atoms. The molecule has 30 nitrogen and oxygen atoms in total. The number of carbonyl (C=O) groups is 9. The first kappa shape index (κ1) is 103. The van der Waals surface area contributed by atoms with Crippen molar-refractivity contribution in [2.75, 3.05) is 28.4 Å². The van der Waals surface area contributed by atoms with Crippen LogP contribution < -0.4 is 23.7 Å². The van der Waals surface area contributed by atoms with Crippen LogP contribution in [0.15, 0.2) is 150 Å². The lowest BCUT2D eigenvalue weighted by Gasteiger charge is -2.13. The van der Waals surface area contributed by atoms with Crippen LogP contribution in [-0.2, 0) is 133 Å². The summed E-state index contributed by atoms with van der Waals surface area (Å²) in [4.78, 5) is 134. The molecular weight excluding hydrogens is 1720 g/mol. The highest BCUT2D eigenvalue weighted by molar-refractivity contribution is 6.31. The zero-order valence-electron chi connectivity index (χ0n) is 79.1. The Morgan fingerprint density at radius 2 is 0.609 bits per heavy atom. The van der Waals surface area contributed by atoms with Crippen molar-refractivity contribution in [2.45, 2.75) is 220 Å². The van der Waals surface area contributed by atoms with Crippen LogP contribution in [0.2, 0.25) is 5.02 Å². The monoisotopic (exact) mass is 1840 g/mol. The van der Waals surface area contributed by atoms with Crippen molar-refractivity contribution in [3.05, 3.63) is 248 Å². The van der Waals surface area contributed by atoms with E-state index in [0.717, 1.165) is 264 Å². The maximum atomic E-state index is 11.0. The molecule has 0 aromatic heterocycles. The third-order valence-electron chi connectivity index (χ3n) is 22.1. The molecule has 0 atom stereocenters. The summed E-state index contributed by atoms with van der Waals surface area (Å²) in [7, 11) is 6.66. The van der Waals surface area contributed by atoms with Crippen LogP contribution >= 0.6 is 11.6 Å². The summed E-state index contributed by atoms with van der Waals surface area (Å²) in [6.07, 6.45) is 13.4. The summed E-state index contributed by atoms with van der Waals surface area (Å²) < 4.78 is 26.8. The molecular formula is C102H113ClN8O22. The first-order valence-electron chi connectivity index (χ1n) is 43.4. The van der Waals surface area contributed by atoms with E-state index in [1.165, 1.54) is 95.7 Å². The molecule has 0 N–H and O–H groups in total. The maximum Gasteiger partial charge on any atom is 0.331 e. The number of fused-ring (bicyclic) bond motifs is 8. The fourth-order valence-corrected chi connectivity index (χ4v) is 16.2. The van der Waals surface area contributed by atoms with Gasteiger partial charge < -0.3 is 62.4 Å². The van der Waals surface area contributed by atoms with E-state index in [0.29, 0.717) is 17.9 Å². The zero-order valence-corrected chi connectivity index (χ0v) is 79.9. The molecule has 0 aliphatic heterocycles. The Labute approximate surface area is 779 Å². The van der Waals surface area contributed by atoms with Gasteiger partial charge >= 0.3 is 53.7 Å². The number of halogens is 1. The number of rotatable bonds is 13. The number of carbonyl (C=O) groups excluding carboxylic acids is 9. The van der Waals surface area contributed by atoms with Crippen molar-refractivity contribution in [3.63, 3.8) is 0 Å². The molecule has 8 aromatic rings. The van der Waals surface area contributed by atoms with E-state index in [-0.39, 0.29) is 17.9 Å². The Balaban J connectivity index is 0.000000171. The van der Waals surface area contributed by atoms with Gasteiger partial charge in [0.1, 0.15) is 28.7 Å². The third kappa shape index (κ3) is 28.4. The second-order valence-electron chi connectivity index (χ2n) is 32.2. The average molecular weight is 1840 g/mol. The first-order valence-corrected chi connectivity index (χ1v) is 43.7. The van der Waals surface area contributed by atoms with Crippen molar-refractivity contribution in [1.82, 2.24) is 0 Å². The second-order valence-corrected chi connectivity index (χ2v) is 32.6. The molecule has 0 fully saturated rings. The van der Waals surface area contributed by atoms with Crippen LogP contribution in [-0.4, -0.2) is 128 Å². The fraction of sp³-hybridized carbons (Fsp3) is 0.363. The average Bonchev–Trinajstić information content (AvgIpc) is 1.66. The molecule has 8 aliphatic rings. The molecule has 0 bridgehead atoms. The lowest BCUT2D eigenvalue weighted by molar-refractivity contribution is -0.141. The van der Waals surface area contributed by atoms with Gasteiger partial charge in [0, 0.05) is 134 Å². The number of hydrogen-bond acceptors (Lipinski definition) is 30. The van der Waals surface area contributed by atoms with E-state index in [9.17, 15) is 43.2 Å². The van der Waals surface area contributed by atoms with Crippen molar-refractivity contribution in [2.24, 2.45) is 41.2 Å². The summed E-state index contributed by atoms with van der Waals surface area (Å²) in [6.45, 7) is 28.5. The Morgan fingerprint density at radius 3 is 1.05 bits per heavy atom. The Bertz CT molecular complexity index is 5980. The van der Waals surface area contributed by atoms with Gasteiger partial charge in [-0.15, -0.1) is 0 Å². The summed E-state index contributed by atoms with van der Waals surface area (Å²) in [5.41, 5.74) is 33.5. The van der Waals surface area contributed by atoms with Gasteiger partial charge in [0.2, 0.25) is 0 Å². The van der Waals surface area contributed by atoms with Gasteiger partial charge in [-0.3, -0.25) is 4.79 Å². The molecule has 8 aromatic carbocycles. The van der Waals surface area contributed by atoms with Crippen LogP contribution in [0, 0.1) is 55.4 Å². The molecule has 0 heterocycles. The highest BCUT2D eigenvalue weighted by atomic mass is 35.5. The molecule has 0 unspecified atom stereocenters. The third-order valence-corrected chi connectivity index (χ3v) is 22.4. The van der Waals surface area contributed by atoms with Crippen molar-refractivity contribution >= 4 is 111 Å². The van der Waals surface area contributed by atoms with E-state index in [2.05, 4.69) is 119 Å². The number of ether oxygens (including phenoxy) is 5.